The fraction of sp³-hybridized carbons (Fsp3) is 0.207. The summed E-state index contributed by atoms with van der Waals surface area (Å²) in [6, 6.07) is 20.0. The maximum Gasteiger partial charge on any atom is 0.412 e. The number of hydrogen-bond donors (Lipinski definition) is 2. The van der Waals surface area contributed by atoms with Crippen molar-refractivity contribution in [3.8, 4) is 20.2 Å². The van der Waals surface area contributed by atoms with E-state index in [2.05, 4.69) is 27.9 Å². The Kier molecular flexibility index (Phi) is 6.29. The highest BCUT2D eigenvalue weighted by Crippen LogP contribution is 2.50. The Morgan fingerprint density at radius 1 is 1.00 bits per heavy atom. The van der Waals surface area contributed by atoms with Crippen molar-refractivity contribution in [3.63, 3.8) is 0 Å². The highest BCUT2D eigenvalue weighted by atomic mass is 32.1. The molecule has 0 radical (unpaired) electrons. The highest BCUT2D eigenvalue weighted by molar-refractivity contribution is 7.32. The first-order valence-corrected chi connectivity index (χ1v) is 14.6. The lowest BCUT2D eigenvalue weighted by atomic mass is 9.92. The second-order valence-electron chi connectivity index (χ2n) is 9.53. The first kappa shape index (κ1) is 24.8. The Balaban J connectivity index is 1.22. The molecule has 2 N–H and O–H groups in total. The summed E-state index contributed by atoms with van der Waals surface area (Å²) in [5.41, 5.74) is 4.78. The molecule has 0 saturated heterocycles. The van der Waals surface area contributed by atoms with Crippen LogP contribution in [0.25, 0.3) is 29.6 Å². The maximum absolute atomic E-state index is 12.5. The molecule has 9 heteroatoms. The van der Waals surface area contributed by atoms with E-state index in [0.29, 0.717) is 18.5 Å². The molecule has 0 aliphatic heterocycles. The lowest BCUT2D eigenvalue weighted by molar-refractivity contribution is -0.140. The molecule has 2 aromatic carbocycles. The van der Waals surface area contributed by atoms with E-state index in [4.69, 9.17) is 4.74 Å². The van der Waals surface area contributed by atoms with Gasteiger partial charge < -0.3 is 9.84 Å². The molecule has 5 aromatic rings. The smallest absolute Gasteiger partial charge is 0.412 e. The number of rotatable bonds is 7. The van der Waals surface area contributed by atoms with Crippen molar-refractivity contribution in [2.45, 2.75) is 38.7 Å². The molecule has 0 atom stereocenters. The van der Waals surface area contributed by atoms with E-state index in [-0.39, 0.29) is 6.61 Å². The number of hydrogen-bond acceptors (Lipinski definition) is 7. The van der Waals surface area contributed by atoms with Crippen molar-refractivity contribution in [2.75, 3.05) is 5.32 Å². The number of aromatic nitrogens is 1. The van der Waals surface area contributed by atoms with Crippen LogP contribution in [0.15, 0.2) is 60.7 Å². The molecule has 1 fully saturated rings. The number of nitrogens with zero attached hydrogens (tertiary/aromatic N) is 1. The van der Waals surface area contributed by atoms with Gasteiger partial charge in [0.05, 0.1) is 26.6 Å². The van der Waals surface area contributed by atoms with Crippen molar-refractivity contribution in [1.82, 2.24) is 4.37 Å². The standard InChI is InChI=1S/C29H24N2O4S3/c1-16-12-19(29(10-11-29)27(32)33)8-9-20(16)21-13-22-23(36-21)14-24(37-22)26-25(17(2)31-38-26)30-28(34)35-15-18-6-4-3-5-7-18/h3-9,12-14H,10-11,15H2,1-2H3,(H,30,34)(H,32,33). The van der Waals surface area contributed by atoms with E-state index in [1.807, 2.05) is 56.3 Å². The molecule has 1 saturated carbocycles. The van der Waals surface area contributed by atoms with Gasteiger partial charge in [-0.1, -0.05) is 48.5 Å². The number of carbonyl (C=O) groups excluding carboxylic acids is 1. The lowest BCUT2D eigenvalue weighted by Gasteiger charge is -2.13. The van der Waals surface area contributed by atoms with Crippen LogP contribution in [0.5, 0.6) is 0 Å². The van der Waals surface area contributed by atoms with E-state index in [1.165, 1.54) is 11.5 Å². The van der Waals surface area contributed by atoms with Crippen LogP contribution >= 0.6 is 34.2 Å². The van der Waals surface area contributed by atoms with Gasteiger partial charge in [0.15, 0.2) is 0 Å². The van der Waals surface area contributed by atoms with E-state index in [9.17, 15) is 14.7 Å². The molecule has 1 aliphatic rings. The fourth-order valence-electron chi connectivity index (χ4n) is 4.62. The minimum atomic E-state index is -0.731. The number of thiophene rings is 2. The van der Waals surface area contributed by atoms with Gasteiger partial charge in [-0.3, -0.25) is 10.1 Å². The number of ether oxygens (including phenoxy) is 1. The summed E-state index contributed by atoms with van der Waals surface area (Å²) < 4.78 is 12.2. The molecule has 6 rings (SSSR count). The second kappa shape index (κ2) is 9.65. The predicted octanol–water partition coefficient (Wildman–Crippen LogP) is 8.24. The summed E-state index contributed by atoms with van der Waals surface area (Å²) in [6.45, 7) is 4.13. The number of carbonyl (C=O) groups is 2. The van der Waals surface area contributed by atoms with Gasteiger partial charge in [0.2, 0.25) is 0 Å². The highest BCUT2D eigenvalue weighted by Gasteiger charge is 2.51. The molecule has 0 spiro atoms. The number of fused-ring (bicyclic) bond motifs is 1. The Bertz CT molecular complexity index is 1650. The van der Waals surface area contributed by atoms with Gasteiger partial charge in [-0.15, -0.1) is 22.7 Å². The molecule has 1 aliphatic carbocycles. The van der Waals surface area contributed by atoms with Crippen molar-refractivity contribution in [1.29, 1.82) is 0 Å². The maximum atomic E-state index is 12.5. The van der Waals surface area contributed by atoms with E-state index < -0.39 is 17.5 Å². The van der Waals surface area contributed by atoms with Crippen molar-refractivity contribution >= 4 is 61.4 Å². The van der Waals surface area contributed by atoms with E-state index >= 15 is 0 Å². The molecule has 6 nitrogen and oxygen atoms in total. The average molecular weight is 561 g/mol. The van der Waals surface area contributed by atoms with Crippen LogP contribution in [0.2, 0.25) is 0 Å². The summed E-state index contributed by atoms with van der Waals surface area (Å²) in [5, 5.41) is 12.5. The van der Waals surface area contributed by atoms with Gasteiger partial charge in [-0.25, -0.2) is 4.79 Å². The Hall–Kier alpha value is -3.53. The number of amides is 1. The summed E-state index contributed by atoms with van der Waals surface area (Å²) in [5.74, 6) is -0.731. The van der Waals surface area contributed by atoms with Crippen LogP contribution in [0, 0.1) is 13.8 Å². The van der Waals surface area contributed by atoms with Gasteiger partial charge in [-0.05, 0) is 72.6 Å². The molecule has 1 amide bonds. The summed E-state index contributed by atoms with van der Waals surface area (Å²) in [6.07, 6.45) is 0.906. The molecule has 3 heterocycles. The van der Waals surface area contributed by atoms with Crippen molar-refractivity contribution in [3.05, 3.63) is 83.0 Å². The van der Waals surface area contributed by atoms with Gasteiger partial charge in [0, 0.05) is 14.3 Å². The third kappa shape index (κ3) is 4.51. The SMILES string of the molecule is Cc1cc(C2(C(=O)O)CC2)ccc1-c1cc2sc(-c3snc(C)c3NC(=O)OCc3ccccc3)cc2s1. The second-order valence-corrected chi connectivity index (χ2v) is 12.5. The van der Waals surface area contributed by atoms with E-state index in [1.54, 1.807) is 22.7 Å². The first-order chi connectivity index (χ1) is 18.3. The fourth-order valence-corrected chi connectivity index (χ4v) is 8.04. The van der Waals surface area contributed by atoms with Crippen LogP contribution in [0.1, 0.15) is 35.2 Å². The van der Waals surface area contributed by atoms with Crippen LogP contribution in [0.3, 0.4) is 0 Å². The molecule has 38 heavy (non-hydrogen) atoms. The number of nitrogens with one attached hydrogen (secondary N) is 1. The topological polar surface area (TPSA) is 88.5 Å². The van der Waals surface area contributed by atoms with Crippen LogP contribution in [-0.2, 0) is 21.6 Å². The summed E-state index contributed by atoms with van der Waals surface area (Å²) >= 11 is 4.75. The lowest BCUT2D eigenvalue weighted by Crippen LogP contribution is -2.19. The largest absolute Gasteiger partial charge is 0.481 e. The Labute approximate surface area is 231 Å². The number of carboxylic acid groups (broad SMARTS) is 1. The molecule has 0 bridgehead atoms. The van der Waals surface area contributed by atoms with Crippen LogP contribution < -0.4 is 5.32 Å². The van der Waals surface area contributed by atoms with Crippen LogP contribution in [0.4, 0.5) is 10.5 Å². The number of benzene rings is 2. The minimum absolute atomic E-state index is 0.202. The Morgan fingerprint density at radius 2 is 1.71 bits per heavy atom. The molecular weight excluding hydrogens is 537 g/mol. The average Bonchev–Trinajstić information content (AvgIpc) is 3.34. The summed E-state index contributed by atoms with van der Waals surface area (Å²) in [7, 11) is 0. The monoisotopic (exact) mass is 560 g/mol. The Morgan fingerprint density at radius 3 is 2.39 bits per heavy atom. The van der Waals surface area contributed by atoms with E-state index in [0.717, 1.165) is 52.0 Å². The zero-order valence-corrected chi connectivity index (χ0v) is 23.2. The van der Waals surface area contributed by atoms with Gasteiger partial charge in [0.1, 0.15) is 6.61 Å². The first-order valence-electron chi connectivity index (χ1n) is 12.2. The normalized spacial score (nSPS) is 13.9. The third-order valence-corrected chi connectivity index (χ3v) is 10.4. The quantitative estimate of drug-likeness (QED) is 0.209. The summed E-state index contributed by atoms with van der Waals surface area (Å²) in [4.78, 5) is 27.4. The molecule has 0 unspecified atom stereocenters. The number of aliphatic carboxylic acids is 1. The zero-order chi connectivity index (χ0) is 26.4. The number of carboxylic acids is 1. The third-order valence-electron chi connectivity index (χ3n) is 6.94. The van der Waals surface area contributed by atoms with Gasteiger partial charge >= 0.3 is 12.1 Å². The molecular formula is C29H24N2O4S3. The van der Waals surface area contributed by atoms with Gasteiger partial charge in [0.25, 0.3) is 0 Å². The van der Waals surface area contributed by atoms with Crippen molar-refractivity contribution < 1.29 is 19.4 Å². The number of anilines is 1. The zero-order valence-electron chi connectivity index (χ0n) is 20.7. The van der Waals surface area contributed by atoms with Crippen molar-refractivity contribution in [2.24, 2.45) is 0 Å². The molecule has 3 aromatic heterocycles. The molecule has 192 valence electrons. The number of aryl methyl sites for hydroxylation is 2. The predicted molar refractivity (Wildman–Crippen MR) is 155 cm³/mol. The minimum Gasteiger partial charge on any atom is -0.481 e. The van der Waals surface area contributed by atoms with Gasteiger partial charge in [-0.2, -0.15) is 4.37 Å². The van der Waals surface area contributed by atoms with Crippen LogP contribution in [-0.4, -0.2) is 21.5 Å².